The number of nitrogens with one attached hydrogen (secondary N) is 1. The van der Waals surface area contributed by atoms with Crippen molar-refractivity contribution in [2.24, 2.45) is 0 Å². The lowest BCUT2D eigenvalue weighted by Gasteiger charge is -2.35. The molecule has 0 heterocycles. The van der Waals surface area contributed by atoms with Gasteiger partial charge in [-0.2, -0.15) is 0 Å². The lowest BCUT2D eigenvalue weighted by atomic mass is 10.0. The third-order valence-corrected chi connectivity index (χ3v) is 7.43. The third-order valence-electron chi connectivity index (χ3n) is 6.07. The molecule has 0 aliphatic rings. The molecule has 0 aliphatic heterocycles. The molecule has 1 atom stereocenters. The van der Waals surface area contributed by atoms with Crippen LogP contribution in [-0.2, 0) is 32.6 Å². The predicted molar refractivity (Wildman–Crippen MR) is 157 cm³/mol. The number of carbonyl (C=O) groups excluding carboxylic acids is 2. The molecule has 7 nitrogen and oxygen atoms in total. The van der Waals surface area contributed by atoms with Crippen molar-refractivity contribution in [1.29, 1.82) is 0 Å². The second kappa shape index (κ2) is 12.7. The van der Waals surface area contributed by atoms with Crippen molar-refractivity contribution in [2.45, 2.75) is 52.2 Å². The summed E-state index contributed by atoms with van der Waals surface area (Å²) in [5.74, 6) is -0.812. The van der Waals surface area contributed by atoms with Crippen molar-refractivity contribution >= 4 is 39.1 Å². The Kier molecular flexibility index (Phi) is 9.80. The van der Waals surface area contributed by atoms with Gasteiger partial charge in [-0.05, 0) is 62.6 Å². The summed E-state index contributed by atoms with van der Waals surface area (Å²) in [7, 11) is -3.85. The highest BCUT2D eigenvalue weighted by molar-refractivity contribution is 7.92. The molecule has 0 aromatic heterocycles. The number of amides is 2. The Balaban J connectivity index is 2.07. The second-order valence-corrected chi connectivity index (χ2v) is 13.0. The molecule has 0 saturated heterocycles. The Morgan fingerprint density at radius 3 is 2.00 bits per heavy atom. The van der Waals surface area contributed by atoms with E-state index in [9.17, 15) is 18.0 Å². The molecule has 3 aromatic rings. The lowest BCUT2D eigenvalue weighted by Crippen LogP contribution is -2.56. The summed E-state index contributed by atoms with van der Waals surface area (Å²) < 4.78 is 26.9. The maximum atomic E-state index is 14.1. The molecule has 0 bridgehead atoms. The van der Waals surface area contributed by atoms with Gasteiger partial charge in [0.1, 0.15) is 12.6 Å². The van der Waals surface area contributed by atoms with Gasteiger partial charge >= 0.3 is 0 Å². The molecule has 3 rings (SSSR count). The van der Waals surface area contributed by atoms with Gasteiger partial charge in [0.25, 0.3) is 0 Å². The summed E-state index contributed by atoms with van der Waals surface area (Å²) in [5, 5.41) is 3.47. The predicted octanol–water partition coefficient (Wildman–Crippen LogP) is 4.97. The molecule has 0 unspecified atom stereocenters. The summed E-state index contributed by atoms with van der Waals surface area (Å²) in [6.45, 7) is 7.03. The molecular formula is C30H36ClN3O4S. The Bertz CT molecular complexity index is 1390. The van der Waals surface area contributed by atoms with E-state index < -0.39 is 34.1 Å². The van der Waals surface area contributed by atoms with Crippen molar-refractivity contribution in [3.8, 4) is 0 Å². The molecule has 39 heavy (non-hydrogen) atoms. The SMILES string of the molecule is Cc1cc(Cl)ccc1N(CC(=O)N(Cc1ccccc1)[C@H](Cc1ccccc1)C(=O)NC(C)(C)C)S(C)(=O)=O. The fourth-order valence-corrected chi connectivity index (χ4v) is 5.41. The Hall–Kier alpha value is -3.36. The molecule has 0 radical (unpaired) electrons. The van der Waals surface area contributed by atoms with Crippen LogP contribution >= 0.6 is 11.6 Å². The summed E-state index contributed by atoms with van der Waals surface area (Å²) in [6, 6.07) is 22.7. The highest BCUT2D eigenvalue weighted by atomic mass is 35.5. The number of halogens is 1. The zero-order valence-corrected chi connectivity index (χ0v) is 24.6. The lowest BCUT2D eigenvalue weighted by molar-refractivity contribution is -0.140. The van der Waals surface area contributed by atoms with E-state index in [0.717, 1.165) is 21.7 Å². The Morgan fingerprint density at radius 2 is 1.49 bits per heavy atom. The van der Waals surface area contributed by atoms with Gasteiger partial charge in [0.05, 0.1) is 11.9 Å². The first-order valence-electron chi connectivity index (χ1n) is 12.7. The van der Waals surface area contributed by atoms with Crippen LogP contribution in [0.1, 0.15) is 37.5 Å². The highest BCUT2D eigenvalue weighted by Gasteiger charge is 2.34. The standard InChI is InChI=1S/C30H36ClN3O4S/c1-22-18-25(31)16-17-26(22)34(39(5,37)38)21-28(35)33(20-24-14-10-7-11-15-24)27(29(36)32-30(2,3)4)19-23-12-8-6-9-13-23/h6-18,27H,19-21H2,1-5H3,(H,32,36)/t27-/m1/s1. The van der Waals surface area contributed by atoms with Gasteiger partial charge in [-0.1, -0.05) is 72.3 Å². The van der Waals surface area contributed by atoms with E-state index in [0.29, 0.717) is 16.3 Å². The molecule has 208 valence electrons. The van der Waals surface area contributed by atoms with Crippen LogP contribution < -0.4 is 9.62 Å². The van der Waals surface area contributed by atoms with Gasteiger partial charge in [0.15, 0.2) is 0 Å². The van der Waals surface area contributed by atoms with E-state index in [-0.39, 0.29) is 18.9 Å². The van der Waals surface area contributed by atoms with Gasteiger partial charge < -0.3 is 10.2 Å². The van der Waals surface area contributed by atoms with Crippen molar-refractivity contribution in [1.82, 2.24) is 10.2 Å². The van der Waals surface area contributed by atoms with Crippen LogP contribution in [0.25, 0.3) is 0 Å². The van der Waals surface area contributed by atoms with Crippen LogP contribution in [0.3, 0.4) is 0 Å². The number of hydrogen-bond donors (Lipinski definition) is 1. The minimum Gasteiger partial charge on any atom is -0.350 e. The van der Waals surface area contributed by atoms with Crippen molar-refractivity contribution in [2.75, 3.05) is 17.1 Å². The number of rotatable bonds is 10. The quantitative estimate of drug-likeness (QED) is 0.373. The van der Waals surface area contributed by atoms with E-state index in [1.54, 1.807) is 25.1 Å². The summed E-state index contributed by atoms with van der Waals surface area (Å²) in [5.41, 5.74) is 2.13. The number of hydrogen-bond acceptors (Lipinski definition) is 4. The molecular weight excluding hydrogens is 534 g/mol. The first-order chi connectivity index (χ1) is 18.2. The topological polar surface area (TPSA) is 86.8 Å². The van der Waals surface area contributed by atoms with Crippen molar-refractivity contribution in [3.05, 3.63) is 101 Å². The zero-order valence-electron chi connectivity index (χ0n) is 23.0. The molecule has 0 aliphatic carbocycles. The number of nitrogens with zero attached hydrogens (tertiary/aromatic N) is 2. The van der Waals surface area contributed by atoms with Crippen molar-refractivity contribution < 1.29 is 18.0 Å². The number of sulfonamides is 1. The summed E-state index contributed by atoms with van der Waals surface area (Å²) >= 11 is 6.10. The van der Waals surface area contributed by atoms with Crippen LogP contribution in [0, 0.1) is 6.92 Å². The van der Waals surface area contributed by atoms with Gasteiger partial charge in [0.2, 0.25) is 21.8 Å². The summed E-state index contributed by atoms with van der Waals surface area (Å²) in [6.07, 6.45) is 1.32. The fraction of sp³-hybridized carbons (Fsp3) is 0.333. The first-order valence-corrected chi connectivity index (χ1v) is 14.9. The zero-order chi connectivity index (χ0) is 28.8. The maximum Gasteiger partial charge on any atom is 0.244 e. The molecule has 0 spiro atoms. The molecule has 2 amide bonds. The van der Waals surface area contributed by atoms with Crippen LogP contribution in [0.5, 0.6) is 0 Å². The van der Waals surface area contributed by atoms with E-state index in [1.165, 1.54) is 4.90 Å². The van der Waals surface area contributed by atoms with Crippen molar-refractivity contribution in [3.63, 3.8) is 0 Å². The minimum atomic E-state index is -3.85. The average Bonchev–Trinajstić information content (AvgIpc) is 2.84. The van der Waals surface area contributed by atoms with Gasteiger partial charge in [-0.3, -0.25) is 13.9 Å². The number of carbonyl (C=O) groups is 2. The second-order valence-electron chi connectivity index (χ2n) is 10.7. The van der Waals surface area contributed by atoms with E-state index in [4.69, 9.17) is 11.6 Å². The van der Waals surface area contributed by atoms with E-state index in [2.05, 4.69) is 5.32 Å². The Labute approximate surface area is 236 Å². The largest absolute Gasteiger partial charge is 0.350 e. The summed E-state index contributed by atoms with van der Waals surface area (Å²) in [4.78, 5) is 29.2. The van der Waals surface area contributed by atoms with Gasteiger partial charge in [-0.15, -0.1) is 0 Å². The highest BCUT2D eigenvalue weighted by Crippen LogP contribution is 2.26. The van der Waals surface area contributed by atoms with Crippen LogP contribution in [0.15, 0.2) is 78.9 Å². The molecule has 0 fully saturated rings. The molecule has 9 heteroatoms. The van der Waals surface area contributed by atoms with Gasteiger partial charge in [-0.25, -0.2) is 8.42 Å². The molecule has 3 aromatic carbocycles. The number of benzene rings is 3. The van der Waals surface area contributed by atoms with E-state index >= 15 is 0 Å². The average molecular weight is 570 g/mol. The van der Waals surface area contributed by atoms with Crippen LogP contribution in [-0.4, -0.2) is 49.5 Å². The number of anilines is 1. The normalized spacial score (nSPS) is 12.5. The molecule has 0 saturated carbocycles. The Morgan fingerprint density at radius 1 is 0.923 bits per heavy atom. The smallest absolute Gasteiger partial charge is 0.244 e. The number of aryl methyl sites for hydroxylation is 1. The fourth-order valence-electron chi connectivity index (χ4n) is 4.28. The molecule has 1 N–H and O–H groups in total. The third kappa shape index (κ3) is 8.83. The van der Waals surface area contributed by atoms with Crippen LogP contribution in [0.2, 0.25) is 5.02 Å². The minimum absolute atomic E-state index is 0.131. The first kappa shape index (κ1) is 30.2. The maximum absolute atomic E-state index is 14.1. The van der Waals surface area contributed by atoms with E-state index in [1.807, 2.05) is 81.4 Å². The van der Waals surface area contributed by atoms with Crippen LogP contribution in [0.4, 0.5) is 5.69 Å². The van der Waals surface area contributed by atoms with Gasteiger partial charge in [0, 0.05) is 23.5 Å². The monoisotopic (exact) mass is 569 g/mol.